The highest BCUT2D eigenvalue weighted by Gasteiger charge is 2.10. The van der Waals surface area contributed by atoms with Crippen LogP contribution in [0.25, 0.3) is 0 Å². The maximum Gasteiger partial charge on any atom is 0.255 e. The zero-order chi connectivity index (χ0) is 15.9. The zero-order valence-corrected chi connectivity index (χ0v) is 13.4. The largest absolute Gasteiger partial charge is 0.321 e. The third-order valence-electron chi connectivity index (χ3n) is 3.01. The third-order valence-corrected chi connectivity index (χ3v) is 3.83. The fraction of sp³-hybridized carbons (Fsp3) is 0.188. The molecule has 1 N–H and O–H groups in total. The van der Waals surface area contributed by atoms with Crippen molar-refractivity contribution >= 4 is 34.8 Å². The fourth-order valence-electron chi connectivity index (χ4n) is 1.86. The van der Waals surface area contributed by atoms with Gasteiger partial charge < -0.3 is 5.32 Å². The summed E-state index contributed by atoms with van der Waals surface area (Å²) in [4.78, 5) is 21.5. The van der Waals surface area contributed by atoms with Gasteiger partial charge in [-0.3, -0.25) is 4.79 Å². The highest BCUT2D eigenvalue weighted by molar-refractivity contribution is 6.44. The molecule has 0 heterocycles. The molecular formula is C16H15Cl2NO3. The van der Waals surface area contributed by atoms with Gasteiger partial charge in [0.05, 0.1) is 29.4 Å². The summed E-state index contributed by atoms with van der Waals surface area (Å²) >= 11 is 12.0. The Balaban J connectivity index is 2.02. The molecule has 116 valence electrons. The number of carbonyl (C=O) groups is 1. The van der Waals surface area contributed by atoms with Crippen LogP contribution in [0.2, 0.25) is 10.0 Å². The summed E-state index contributed by atoms with van der Waals surface area (Å²) in [6.45, 7) is 0.458. The van der Waals surface area contributed by atoms with E-state index in [0.29, 0.717) is 34.3 Å². The van der Waals surface area contributed by atoms with E-state index < -0.39 is 0 Å². The molecule has 0 atom stereocenters. The van der Waals surface area contributed by atoms with Crippen LogP contribution in [-0.2, 0) is 16.2 Å². The molecule has 0 aromatic heterocycles. The number of halogens is 2. The standard InChI is InChI=1S/C16H15Cl2NO3/c1-21-22-10-9-11-5-7-12(8-6-11)16(20)19-14-4-2-3-13(17)15(14)18/h2-8H,9-10H2,1H3,(H,19,20). The molecule has 0 aliphatic heterocycles. The number of nitrogens with one attached hydrogen (secondary N) is 1. The van der Waals surface area contributed by atoms with E-state index in [0.717, 1.165) is 5.56 Å². The summed E-state index contributed by atoms with van der Waals surface area (Å²) in [6, 6.07) is 12.3. The normalized spacial score (nSPS) is 10.5. The molecule has 4 nitrogen and oxygen atoms in total. The van der Waals surface area contributed by atoms with E-state index in [1.54, 1.807) is 30.3 Å². The van der Waals surface area contributed by atoms with Gasteiger partial charge in [0.25, 0.3) is 5.91 Å². The van der Waals surface area contributed by atoms with E-state index in [9.17, 15) is 4.79 Å². The molecule has 0 radical (unpaired) electrons. The Morgan fingerprint density at radius 1 is 1.14 bits per heavy atom. The number of anilines is 1. The van der Waals surface area contributed by atoms with E-state index in [-0.39, 0.29) is 5.91 Å². The molecule has 0 saturated carbocycles. The maximum absolute atomic E-state index is 12.2. The van der Waals surface area contributed by atoms with Gasteiger partial charge in [-0.15, -0.1) is 0 Å². The molecule has 0 unspecified atom stereocenters. The number of hydrogen-bond donors (Lipinski definition) is 1. The van der Waals surface area contributed by atoms with Gasteiger partial charge in [-0.2, -0.15) is 0 Å². The first-order valence-corrected chi connectivity index (χ1v) is 7.37. The number of benzene rings is 2. The lowest BCUT2D eigenvalue weighted by Crippen LogP contribution is -2.12. The first kappa shape index (κ1) is 16.8. The molecule has 6 heteroatoms. The average molecular weight is 340 g/mol. The Hall–Kier alpha value is -1.59. The average Bonchev–Trinajstić information content (AvgIpc) is 2.53. The summed E-state index contributed by atoms with van der Waals surface area (Å²) in [5, 5.41) is 3.46. The maximum atomic E-state index is 12.2. The SMILES string of the molecule is COOCCc1ccc(C(=O)Nc2cccc(Cl)c2Cl)cc1. The Morgan fingerprint density at radius 3 is 2.55 bits per heavy atom. The molecule has 0 saturated heterocycles. The van der Waals surface area contributed by atoms with Crippen molar-refractivity contribution in [3.63, 3.8) is 0 Å². The summed E-state index contributed by atoms with van der Waals surface area (Å²) in [5.74, 6) is -0.246. The van der Waals surface area contributed by atoms with Crippen LogP contribution in [0, 0.1) is 0 Å². The Labute approximate surface area is 138 Å². The molecule has 0 aliphatic carbocycles. The number of hydrogen-bond acceptors (Lipinski definition) is 3. The fourth-order valence-corrected chi connectivity index (χ4v) is 2.21. The minimum absolute atomic E-state index is 0.246. The Morgan fingerprint density at radius 2 is 1.86 bits per heavy atom. The van der Waals surface area contributed by atoms with Crippen molar-refractivity contribution in [2.24, 2.45) is 0 Å². The summed E-state index contributed by atoms with van der Waals surface area (Å²) < 4.78 is 0. The molecule has 2 aromatic rings. The van der Waals surface area contributed by atoms with Crippen LogP contribution >= 0.6 is 23.2 Å². The van der Waals surface area contributed by atoms with Crippen molar-refractivity contribution < 1.29 is 14.6 Å². The van der Waals surface area contributed by atoms with Gasteiger partial charge in [-0.05, 0) is 36.2 Å². The second kappa shape index (κ2) is 8.15. The van der Waals surface area contributed by atoms with E-state index in [1.165, 1.54) is 7.11 Å². The van der Waals surface area contributed by atoms with Crippen molar-refractivity contribution in [2.45, 2.75) is 6.42 Å². The lowest BCUT2D eigenvalue weighted by molar-refractivity contribution is -0.271. The van der Waals surface area contributed by atoms with Crippen LogP contribution in [-0.4, -0.2) is 19.6 Å². The second-order valence-electron chi connectivity index (χ2n) is 4.49. The van der Waals surface area contributed by atoms with Crippen LogP contribution in [0.15, 0.2) is 42.5 Å². The zero-order valence-electron chi connectivity index (χ0n) is 11.9. The van der Waals surface area contributed by atoms with Crippen molar-refractivity contribution in [1.29, 1.82) is 0 Å². The number of amides is 1. The predicted molar refractivity (Wildman–Crippen MR) is 87.5 cm³/mol. The van der Waals surface area contributed by atoms with Gasteiger partial charge in [0.1, 0.15) is 0 Å². The molecular weight excluding hydrogens is 325 g/mol. The van der Waals surface area contributed by atoms with Crippen LogP contribution < -0.4 is 5.32 Å². The first-order valence-electron chi connectivity index (χ1n) is 6.61. The van der Waals surface area contributed by atoms with Crippen LogP contribution in [0.1, 0.15) is 15.9 Å². The molecule has 0 bridgehead atoms. The second-order valence-corrected chi connectivity index (χ2v) is 5.28. The minimum atomic E-state index is -0.246. The summed E-state index contributed by atoms with van der Waals surface area (Å²) in [7, 11) is 1.47. The van der Waals surface area contributed by atoms with Crippen molar-refractivity contribution in [1.82, 2.24) is 0 Å². The molecule has 22 heavy (non-hydrogen) atoms. The van der Waals surface area contributed by atoms with E-state index in [1.807, 2.05) is 12.1 Å². The predicted octanol–water partition coefficient (Wildman–Crippen LogP) is 4.37. The highest BCUT2D eigenvalue weighted by Crippen LogP contribution is 2.29. The van der Waals surface area contributed by atoms with Crippen LogP contribution in [0.3, 0.4) is 0 Å². The van der Waals surface area contributed by atoms with Crippen LogP contribution in [0.4, 0.5) is 5.69 Å². The van der Waals surface area contributed by atoms with Gasteiger partial charge in [0, 0.05) is 5.56 Å². The summed E-state index contributed by atoms with van der Waals surface area (Å²) in [6.07, 6.45) is 0.704. The van der Waals surface area contributed by atoms with Crippen LogP contribution in [0.5, 0.6) is 0 Å². The minimum Gasteiger partial charge on any atom is -0.321 e. The van der Waals surface area contributed by atoms with Crippen molar-refractivity contribution in [2.75, 3.05) is 19.0 Å². The Bertz CT molecular complexity index is 644. The van der Waals surface area contributed by atoms with Crippen molar-refractivity contribution in [3.8, 4) is 0 Å². The summed E-state index contributed by atoms with van der Waals surface area (Å²) in [5.41, 5.74) is 2.07. The smallest absolute Gasteiger partial charge is 0.255 e. The van der Waals surface area contributed by atoms with E-state index in [2.05, 4.69) is 10.2 Å². The van der Waals surface area contributed by atoms with Gasteiger partial charge in [-0.1, -0.05) is 41.4 Å². The molecule has 2 rings (SSSR count). The van der Waals surface area contributed by atoms with E-state index in [4.69, 9.17) is 28.1 Å². The van der Waals surface area contributed by atoms with Gasteiger partial charge in [0.15, 0.2) is 0 Å². The molecule has 0 aliphatic rings. The third kappa shape index (κ3) is 4.45. The molecule has 2 aromatic carbocycles. The number of carbonyl (C=O) groups excluding carboxylic acids is 1. The topological polar surface area (TPSA) is 47.6 Å². The lowest BCUT2D eigenvalue weighted by atomic mass is 10.1. The quantitative estimate of drug-likeness (QED) is 0.483. The van der Waals surface area contributed by atoms with E-state index >= 15 is 0 Å². The number of rotatable bonds is 6. The Kier molecular flexibility index (Phi) is 6.21. The van der Waals surface area contributed by atoms with Crippen molar-refractivity contribution in [3.05, 3.63) is 63.6 Å². The van der Waals surface area contributed by atoms with Gasteiger partial charge >= 0.3 is 0 Å². The molecule has 0 spiro atoms. The highest BCUT2D eigenvalue weighted by atomic mass is 35.5. The lowest BCUT2D eigenvalue weighted by Gasteiger charge is -2.08. The molecule has 0 fully saturated rings. The molecule has 1 amide bonds. The van der Waals surface area contributed by atoms with Gasteiger partial charge in [-0.25, -0.2) is 9.78 Å². The first-order chi connectivity index (χ1) is 10.6. The van der Waals surface area contributed by atoms with Gasteiger partial charge in [0.2, 0.25) is 0 Å². The monoisotopic (exact) mass is 339 g/mol.